The van der Waals surface area contributed by atoms with E-state index in [2.05, 4.69) is 15.2 Å². The molecule has 0 fully saturated rings. The molecule has 1 aromatic carbocycles. The van der Waals surface area contributed by atoms with Gasteiger partial charge in [-0.2, -0.15) is 0 Å². The van der Waals surface area contributed by atoms with Crippen LogP contribution in [0.3, 0.4) is 0 Å². The Hall–Kier alpha value is -3.16. The molecule has 0 radical (unpaired) electrons. The molecule has 4 rings (SSSR count). The van der Waals surface area contributed by atoms with Gasteiger partial charge in [0.25, 0.3) is 11.7 Å². The van der Waals surface area contributed by atoms with Crippen LogP contribution in [0.4, 0.5) is 0 Å². The number of benzene rings is 1. The fraction of sp³-hybridized carbons (Fsp3) is 0.333. The monoisotopic (exact) mass is 353 g/mol. The third kappa shape index (κ3) is 2.73. The maximum atomic E-state index is 12.9. The molecule has 3 heterocycles. The fourth-order valence-corrected chi connectivity index (χ4v) is 2.90. The molecule has 2 aromatic heterocycles. The van der Waals surface area contributed by atoms with Crippen LogP contribution in [0, 0.1) is 6.92 Å². The van der Waals surface area contributed by atoms with Gasteiger partial charge in [0.15, 0.2) is 11.5 Å². The fourth-order valence-electron chi connectivity index (χ4n) is 2.90. The van der Waals surface area contributed by atoms with Crippen molar-refractivity contribution in [3.8, 4) is 11.5 Å². The maximum absolute atomic E-state index is 12.9. The van der Waals surface area contributed by atoms with E-state index < -0.39 is 0 Å². The molecule has 0 N–H and O–H groups in total. The number of hydrogen-bond donors (Lipinski definition) is 0. The van der Waals surface area contributed by atoms with Gasteiger partial charge in [-0.15, -0.1) is 10.2 Å². The van der Waals surface area contributed by atoms with E-state index in [4.69, 9.17) is 9.47 Å². The Morgan fingerprint density at radius 1 is 1.19 bits per heavy atom. The number of rotatable bonds is 3. The molecule has 0 saturated carbocycles. The lowest BCUT2D eigenvalue weighted by Crippen LogP contribution is -2.31. The highest BCUT2D eigenvalue weighted by atomic mass is 16.6. The zero-order valence-electron chi connectivity index (χ0n) is 14.8. The largest absolute Gasteiger partial charge is 0.486 e. The van der Waals surface area contributed by atoms with Gasteiger partial charge in [0.1, 0.15) is 13.2 Å². The van der Waals surface area contributed by atoms with Crippen molar-refractivity contribution in [2.24, 2.45) is 0 Å². The van der Waals surface area contributed by atoms with Crippen LogP contribution >= 0.6 is 0 Å². The number of carbonyl (C=O) groups excluding carboxylic acids is 1. The molecule has 0 saturated heterocycles. The van der Waals surface area contributed by atoms with Crippen molar-refractivity contribution < 1.29 is 14.3 Å². The van der Waals surface area contributed by atoms with E-state index in [0.717, 1.165) is 17.0 Å². The Morgan fingerprint density at radius 2 is 1.96 bits per heavy atom. The second-order valence-electron chi connectivity index (χ2n) is 6.26. The first-order valence-corrected chi connectivity index (χ1v) is 8.39. The minimum absolute atomic E-state index is 0.177. The van der Waals surface area contributed by atoms with Crippen LogP contribution < -0.4 is 9.47 Å². The highest BCUT2D eigenvalue weighted by Gasteiger charge is 2.25. The van der Waals surface area contributed by atoms with Crippen LogP contribution in [0.25, 0.3) is 5.78 Å². The van der Waals surface area contributed by atoms with Crippen molar-refractivity contribution in [2.75, 3.05) is 20.3 Å². The Kier molecular flexibility index (Phi) is 3.95. The Balaban J connectivity index is 1.61. The van der Waals surface area contributed by atoms with Gasteiger partial charge >= 0.3 is 0 Å². The number of ether oxygens (including phenoxy) is 2. The predicted octanol–water partition coefficient (Wildman–Crippen LogP) is 2.04. The predicted molar refractivity (Wildman–Crippen MR) is 93.5 cm³/mol. The molecule has 3 aromatic rings. The summed E-state index contributed by atoms with van der Waals surface area (Å²) in [5.74, 6) is 1.85. The smallest absolute Gasteiger partial charge is 0.292 e. The van der Waals surface area contributed by atoms with Gasteiger partial charge in [0, 0.05) is 18.9 Å². The molecule has 1 aliphatic rings. The zero-order chi connectivity index (χ0) is 18.3. The van der Waals surface area contributed by atoms with Crippen LogP contribution in [-0.4, -0.2) is 50.7 Å². The molecular weight excluding hydrogens is 334 g/mol. The lowest BCUT2D eigenvalue weighted by molar-refractivity contribution is 0.0728. The average Bonchev–Trinajstić information content (AvgIpc) is 3.08. The minimum Gasteiger partial charge on any atom is -0.486 e. The molecule has 8 heteroatoms. The summed E-state index contributed by atoms with van der Waals surface area (Å²) in [4.78, 5) is 18.8. The first-order chi connectivity index (χ1) is 12.5. The number of amides is 1. The molecule has 1 aliphatic heterocycles. The SMILES string of the molecule is Cc1ccn2c(C(=O)N(C)[C@@H](C)c3ccc4c(c3)OCCO4)nnc2n1. The third-order valence-electron chi connectivity index (χ3n) is 4.56. The van der Waals surface area contributed by atoms with Gasteiger partial charge in [-0.25, -0.2) is 4.98 Å². The van der Waals surface area contributed by atoms with Crippen LogP contribution in [0.15, 0.2) is 30.5 Å². The van der Waals surface area contributed by atoms with Crippen LogP contribution in [0.1, 0.15) is 34.8 Å². The Morgan fingerprint density at radius 3 is 2.77 bits per heavy atom. The van der Waals surface area contributed by atoms with E-state index >= 15 is 0 Å². The number of fused-ring (bicyclic) bond motifs is 2. The summed E-state index contributed by atoms with van der Waals surface area (Å²) >= 11 is 0. The number of nitrogens with zero attached hydrogens (tertiary/aromatic N) is 5. The summed E-state index contributed by atoms with van der Waals surface area (Å²) in [6, 6.07) is 7.36. The van der Waals surface area contributed by atoms with Crippen molar-refractivity contribution in [3.05, 3.63) is 47.5 Å². The summed E-state index contributed by atoms with van der Waals surface area (Å²) in [7, 11) is 1.74. The second kappa shape index (κ2) is 6.29. The number of carbonyl (C=O) groups is 1. The summed E-state index contributed by atoms with van der Waals surface area (Å²) in [6.45, 7) is 4.90. The van der Waals surface area contributed by atoms with Crippen LogP contribution in [-0.2, 0) is 0 Å². The van der Waals surface area contributed by atoms with Gasteiger partial charge in [-0.05, 0) is 37.6 Å². The third-order valence-corrected chi connectivity index (χ3v) is 4.56. The summed E-state index contributed by atoms with van der Waals surface area (Å²) < 4.78 is 12.8. The summed E-state index contributed by atoms with van der Waals surface area (Å²) in [5, 5.41) is 8.01. The highest BCUT2D eigenvalue weighted by Crippen LogP contribution is 2.34. The molecule has 26 heavy (non-hydrogen) atoms. The number of hydrogen-bond acceptors (Lipinski definition) is 6. The number of aryl methyl sites for hydroxylation is 1. The van der Waals surface area contributed by atoms with Crippen molar-refractivity contribution in [2.45, 2.75) is 19.9 Å². The van der Waals surface area contributed by atoms with Gasteiger partial charge in [-0.3, -0.25) is 9.20 Å². The molecule has 134 valence electrons. The number of aromatic nitrogens is 4. The van der Waals surface area contributed by atoms with E-state index in [9.17, 15) is 4.79 Å². The molecule has 0 aliphatic carbocycles. The van der Waals surface area contributed by atoms with Gasteiger partial charge in [-0.1, -0.05) is 6.07 Å². The quantitative estimate of drug-likeness (QED) is 0.717. The zero-order valence-corrected chi connectivity index (χ0v) is 14.8. The molecule has 1 amide bonds. The standard InChI is InChI=1S/C18H19N5O3/c1-11-6-7-23-16(20-21-18(23)19-11)17(24)22(3)12(2)13-4-5-14-15(10-13)26-9-8-25-14/h4-7,10,12H,8-9H2,1-3H3/t12-/m0/s1. The molecule has 1 atom stereocenters. The first kappa shape index (κ1) is 16.3. The first-order valence-electron chi connectivity index (χ1n) is 8.39. The molecule has 0 spiro atoms. The summed E-state index contributed by atoms with van der Waals surface area (Å²) in [6.07, 6.45) is 1.76. The Bertz CT molecular complexity index is 984. The summed E-state index contributed by atoms with van der Waals surface area (Å²) in [5.41, 5.74) is 1.77. The highest BCUT2D eigenvalue weighted by molar-refractivity contribution is 5.91. The van der Waals surface area contributed by atoms with Crippen LogP contribution in [0.5, 0.6) is 11.5 Å². The maximum Gasteiger partial charge on any atom is 0.292 e. The van der Waals surface area contributed by atoms with E-state index in [0.29, 0.717) is 24.7 Å². The van der Waals surface area contributed by atoms with E-state index in [-0.39, 0.29) is 17.8 Å². The van der Waals surface area contributed by atoms with Gasteiger partial charge < -0.3 is 14.4 Å². The van der Waals surface area contributed by atoms with E-state index in [1.54, 1.807) is 22.5 Å². The van der Waals surface area contributed by atoms with Gasteiger partial charge in [0.05, 0.1) is 6.04 Å². The van der Waals surface area contributed by atoms with Crippen molar-refractivity contribution >= 4 is 11.7 Å². The lowest BCUT2D eigenvalue weighted by atomic mass is 10.1. The van der Waals surface area contributed by atoms with E-state index in [1.165, 1.54) is 0 Å². The lowest BCUT2D eigenvalue weighted by Gasteiger charge is -2.26. The van der Waals surface area contributed by atoms with Gasteiger partial charge in [0.2, 0.25) is 5.82 Å². The second-order valence-corrected chi connectivity index (χ2v) is 6.26. The molecule has 0 bridgehead atoms. The van der Waals surface area contributed by atoms with Crippen molar-refractivity contribution in [1.29, 1.82) is 0 Å². The molecular formula is C18H19N5O3. The molecule has 0 unspecified atom stereocenters. The topological polar surface area (TPSA) is 81.9 Å². The minimum atomic E-state index is -0.231. The normalized spacial score (nSPS) is 14.3. The Labute approximate surface area is 150 Å². The van der Waals surface area contributed by atoms with Crippen LogP contribution in [0.2, 0.25) is 0 Å². The van der Waals surface area contributed by atoms with Crippen molar-refractivity contribution in [1.82, 2.24) is 24.5 Å². The average molecular weight is 353 g/mol. The molecule has 8 nitrogen and oxygen atoms in total. The van der Waals surface area contributed by atoms with E-state index in [1.807, 2.05) is 38.1 Å². The van der Waals surface area contributed by atoms with Crippen molar-refractivity contribution in [3.63, 3.8) is 0 Å².